The number of carbonyl (C=O) groups excluding carboxylic acids is 1. The highest BCUT2D eigenvalue weighted by atomic mass is 32.1. The third kappa shape index (κ3) is 3.65. The van der Waals surface area contributed by atoms with E-state index in [0.29, 0.717) is 23.1 Å². The minimum atomic E-state index is 0.00744. The first-order valence-corrected chi connectivity index (χ1v) is 8.52. The van der Waals surface area contributed by atoms with Gasteiger partial charge in [-0.2, -0.15) is 0 Å². The molecule has 0 aliphatic heterocycles. The molecule has 6 heteroatoms. The molecule has 0 aliphatic rings. The van der Waals surface area contributed by atoms with Crippen LogP contribution < -0.4 is 5.32 Å². The zero-order valence-electron chi connectivity index (χ0n) is 13.8. The molecule has 5 nitrogen and oxygen atoms in total. The van der Waals surface area contributed by atoms with E-state index < -0.39 is 0 Å². The summed E-state index contributed by atoms with van der Waals surface area (Å²) in [6, 6.07) is 9.19. The van der Waals surface area contributed by atoms with Crippen LogP contribution in [-0.4, -0.2) is 20.7 Å². The summed E-state index contributed by atoms with van der Waals surface area (Å²) in [6.45, 7) is 5.79. The highest BCUT2D eigenvalue weighted by molar-refractivity contribution is 7.15. The molecular weight excluding hydrogens is 320 g/mol. The summed E-state index contributed by atoms with van der Waals surface area (Å²) in [7, 11) is 0. The van der Waals surface area contributed by atoms with Gasteiger partial charge in [0.2, 0.25) is 0 Å². The van der Waals surface area contributed by atoms with Crippen LogP contribution in [0.15, 0.2) is 42.7 Å². The van der Waals surface area contributed by atoms with E-state index in [9.17, 15) is 4.79 Å². The second kappa shape index (κ2) is 6.88. The first-order valence-electron chi connectivity index (χ1n) is 7.70. The smallest absolute Gasteiger partial charge is 0.159 e. The van der Waals surface area contributed by atoms with E-state index in [1.54, 1.807) is 29.7 Å². The van der Waals surface area contributed by atoms with Crippen LogP contribution in [0, 0.1) is 0 Å². The summed E-state index contributed by atoms with van der Waals surface area (Å²) in [5, 5.41) is 4.25. The zero-order valence-corrected chi connectivity index (χ0v) is 14.6. The second-order valence-electron chi connectivity index (χ2n) is 5.74. The van der Waals surface area contributed by atoms with Crippen LogP contribution in [0.5, 0.6) is 0 Å². The molecule has 3 heterocycles. The number of Topliss-reactive ketones (excluding diaryl/α,β-unsaturated/α-hetero) is 1. The standard InChI is InChI=1S/C18H18N4OS/c1-11(2)18-20-10-15(24-18)14-5-4-6-16(21-14)22-17-9-13(12(3)23)7-8-19-17/h4-11H,1-3H3,(H,19,21,22). The number of carbonyl (C=O) groups is 1. The number of ketones is 1. The zero-order chi connectivity index (χ0) is 17.1. The van der Waals surface area contributed by atoms with E-state index >= 15 is 0 Å². The van der Waals surface area contributed by atoms with Crippen molar-refractivity contribution in [2.45, 2.75) is 26.7 Å². The van der Waals surface area contributed by atoms with E-state index in [2.05, 4.69) is 34.1 Å². The Morgan fingerprint density at radius 1 is 1.17 bits per heavy atom. The lowest BCUT2D eigenvalue weighted by Gasteiger charge is -2.07. The van der Waals surface area contributed by atoms with Crippen molar-refractivity contribution in [2.75, 3.05) is 5.32 Å². The third-order valence-electron chi connectivity index (χ3n) is 3.44. The predicted molar refractivity (Wildman–Crippen MR) is 97.0 cm³/mol. The predicted octanol–water partition coefficient (Wildman–Crippen LogP) is 4.67. The Kier molecular flexibility index (Phi) is 4.66. The molecule has 0 bridgehead atoms. The molecular formula is C18H18N4OS. The van der Waals surface area contributed by atoms with Gasteiger partial charge in [0.05, 0.1) is 15.6 Å². The average molecular weight is 338 g/mol. The van der Waals surface area contributed by atoms with Gasteiger partial charge in [0.15, 0.2) is 5.78 Å². The maximum Gasteiger partial charge on any atom is 0.159 e. The Bertz CT molecular complexity index is 873. The number of hydrogen-bond acceptors (Lipinski definition) is 6. The van der Waals surface area contributed by atoms with Crippen LogP contribution in [-0.2, 0) is 0 Å². The number of hydrogen-bond donors (Lipinski definition) is 1. The van der Waals surface area contributed by atoms with Gasteiger partial charge < -0.3 is 5.32 Å². The number of rotatable bonds is 5. The number of thiazole rings is 1. The first-order chi connectivity index (χ1) is 11.5. The lowest BCUT2D eigenvalue weighted by Crippen LogP contribution is -1.99. The van der Waals surface area contributed by atoms with Crippen molar-refractivity contribution in [3.63, 3.8) is 0 Å². The van der Waals surface area contributed by atoms with Gasteiger partial charge in [-0.25, -0.2) is 15.0 Å². The lowest BCUT2D eigenvalue weighted by atomic mass is 10.2. The van der Waals surface area contributed by atoms with E-state index in [4.69, 9.17) is 0 Å². The van der Waals surface area contributed by atoms with Crippen LogP contribution in [0.25, 0.3) is 10.6 Å². The summed E-state index contributed by atoms with van der Waals surface area (Å²) in [4.78, 5) is 25.8. The molecule has 1 N–H and O–H groups in total. The van der Waals surface area contributed by atoms with Gasteiger partial charge in [-0.3, -0.25) is 4.79 Å². The largest absolute Gasteiger partial charge is 0.325 e. The minimum absolute atomic E-state index is 0.00744. The molecule has 122 valence electrons. The van der Waals surface area contributed by atoms with Crippen LogP contribution in [0.3, 0.4) is 0 Å². The summed E-state index contributed by atoms with van der Waals surface area (Å²) in [5.74, 6) is 1.69. The number of aromatic nitrogens is 3. The van der Waals surface area contributed by atoms with Crippen LogP contribution in [0.1, 0.15) is 42.1 Å². The van der Waals surface area contributed by atoms with Crippen LogP contribution in [0.4, 0.5) is 11.6 Å². The molecule has 0 aliphatic carbocycles. The van der Waals surface area contributed by atoms with Crippen molar-refractivity contribution < 1.29 is 4.79 Å². The van der Waals surface area contributed by atoms with E-state index in [-0.39, 0.29) is 5.78 Å². The van der Waals surface area contributed by atoms with E-state index in [0.717, 1.165) is 15.6 Å². The molecule has 3 aromatic rings. The summed E-state index contributed by atoms with van der Waals surface area (Å²) < 4.78 is 0. The molecule has 0 unspecified atom stereocenters. The highest BCUT2D eigenvalue weighted by Crippen LogP contribution is 2.29. The van der Waals surface area contributed by atoms with Crippen molar-refractivity contribution in [2.24, 2.45) is 0 Å². The van der Waals surface area contributed by atoms with Crippen molar-refractivity contribution in [3.05, 3.63) is 53.3 Å². The quantitative estimate of drug-likeness (QED) is 0.685. The second-order valence-corrected chi connectivity index (χ2v) is 6.80. The fourth-order valence-corrected chi connectivity index (χ4v) is 3.05. The molecule has 0 radical (unpaired) electrons. The number of nitrogens with one attached hydrogen (secondary N) is 1. The summed E-state index contributed by atoms with van der Waals surface area (Å²) in [5.41, 5.74) is 1.49. The highest BCUT2D eigenvalue weighted by Gasteiger charge is 2.09. The van der Waals surface area contributed by atoms with Crippen LogP contribution in [0.2, 0.25) is 0 Å². The molecule has 0 saturated carbocycles. The number of pyridine rings is 2. The van der Waals surface area contributed by atoms with Gasteiger partial charge in [-0.1, -0.05) is 19.9 Å². The molecule has 0 spiro atoms. The van der Waals surface area contributed by atoms with E-state index in [1.807, 2.05) is 24.4 Å². The molecule has 0 atom stereocenters. The van der Waals surface area contributed by atoms with Gasteiger partial charge in [0, 0.05) is 23.9 Å². The normalized spacial score (nSPS) is 10.8. The minimum Gasteiger partial charge on any atom is -0.325 e. The molecule has 0 saturated heterocycles. The maximum atomic E-state index is 11.5. The Morgan fingerprint density at radius 3 is 2.71 bits per heavy atom. The average Bonchev–Trinajstić information content (AvgIpc) is 3.06. The Morgan fingerprint density at radius 2 is 2.00 bits per heavy atom. The lowest BCUT2D eigenvalue weighted by molar-refractivity contribution is 0.101. The van der Waals surface area contributed by atoms with E-state index in [1.165, 1.54) is 6.92 Å². The third-order valence-corrected chi connectivity index (χ3v) is 4.76. The Labute approximate surface area is 144 Å². The monoisotopic (exact) mass is 338 g/mol. The maximum absolute atomic E-state index is 11.5. The SMILES string of the molecule is CC(=O)c1ccnc(Nc2cccc(-c3cnc(C(C)C)s3)n2)c1. The van der Waals surface area contributed by atoms with Crippen molar-refractivity contribution >= 4 is 28.8 Å². The molecule has 0 aromatic carbocycles. The Balaban J connectivity index is 1.85. The molecule has 3 rings (SSSR count). The number of anilines is 2. The fraction of sp³-hybridized carbons (Fsp3) is 0.222. The van der Waals surface area contributed by atoms with Gasteiger partial charge in [0.25, 0.3) is 0 Å². The number of nitrogens with zero attached hydrogens (tertiary/aromatic N) is 3. The Hall–Kier alpha value is -2.60. The molecule has 0 amide bonds. The van der Waals surface area contributed by atoms with Gasteiger partial charge in [-0.15, -0.1) is 11.3 Å². The van der Waals surface area contributed by atoms with Crippen molar-refractivity contribution in [3.8, 4) is 10.6 Å². The van der Waals surface area contributed by atoms with Crippen molar-refractivity contribution in [1.29, 1.82) is 0 Å². The van der Waals surface area contributed by atoms with Gasteiger partial charge >= 0.3 is 0 Å². The molecule has 3 aromatic heterocycles. The fourth-order valence-electron chi connectivity index (χ4n) is 2.16. The van der Waals surface area contributed by atoms with Crippen molar-refractivity contribution in [1.82, 2.24) is 15.0 Å². The van der Waals surface area contributed by atoms with Gasteiger partial charge in [0.1, 0.15) is 11.6 Å². The summed E-state index contributed by atoms with van der Waals surface area (Å²) in [6.07, 6.45) is 3.47. The van der Waals surface area contributed by atoms with Gasteiger partial charge in [-0.05, 0) is 31.2 Å². The van der Waals surface area contributed by atoms with Crippen LogP contribution >= 0.6 is 11.3 Å². The molecule has 0 fully saturated rings. The molecule has 24 heavy (non-hydrogen) atoms. The summed E-state index contributed by atoms with van der Waals surface area (Å²) >= 11 is 1.65. The topological polar surface area (TPSA) is 67.8 Å². The first kappa shape index (κ1) is 16.3.